The zero-order chi connectivity index (χ0) is 14.7. The Hall–Kier alpha value is -1.66. The first-order valence-corrected chi connectivity index (χ1v) is 6.79. The van der Waals surface area contributed by atoms with Gasteiger partial charge in [-0.1, -0.05) is 12.5 Å². The van der Waals surface area contributed by atoms with Gasteiger partial charge in [-0.2, -0.15) is 0 Å². The van der Waals surface area contributed by atoms with Gasteiger partial charge in [0.25, 0.3) is 5.69 Å². The summed E-state index contributed by atoms with van der Waals surface area (Å²) in [5, 5.41) is 13.6. The molecule has 0 aliphatic heterocycles. The molecule has 0 aromatic heterocycles. The number of carbonyl (C=O) groups is 1. The van der Waals surface area contributed by atoms with Gasteiger partial charge in [0.1, 0.15) is 0 Å². The van der Waals surface area contributed by atoms with E-state index in [2.05, 4.69) is 5.32 Å². The third-order valence-electron chi connectivity index (χ3n) is 3.78. The highest BCUT2D eigenvalue weighted by atomic mass is 35.5. The summed E-state index contributed by atoms with van der Waals surface area (Å²) >= 11 is 0. The molecule has 0 bridgehead atoms. The van der Waals surface area contributed by atoms with Gasteiger partial charge in [-0.05, 0) is 31.7 Å². The molecule has 0 saturated heterocycles. The minimum Gasteiger partial charge on any atom is -0.328 e. The Labute approximate surface area is 129 Å². The zero-order valence-corrected chi connectivity index (χ0v) is 12.7. The van der Waals surface area contributed by atoms with Crippen LogP contribution in [-0.2, 0) is 4.79 Å². The van der Waals surface area contributed by atoms with Crippen molar-refractivity contribution in [1.82, 2.24) is 0 Å². The Morgan fingerprint density at radius 3 is 2.76 bits per heavy atom. The standard InChI is InChI=1S/C14H19N3O3.ClH/c1-9-5-6-12(17(19)20)8-13(9)16-14(18)10-3-2-4-11(15)7-10;/h5-6,8,10-11H,2-4,7,15H2,1H3,(H,16,18);1H. The second kappa shape index (κ2) is 7.38. The number of benzene rings is 1. The molecule has 3 N–H and O–H groups in total. The van der Waals surface area contributed by atoms with Crippen LogP contribution in [0.3, 0.4) is 0 Å². The summed E-state index contributed by atoms with van der Waals surface area (Å²) in [7, 11) is 0. The summed E-state index contributed by atoms with van der Waals surface area (Å²) < 4.78 is 0. The first-order chi connectivity index (χ1) is 9.47. The Balaban J connectivity index is 0.00000220. The van der Waals surface area contributed by atoms with Crippen LogP contribution in [0.15, 0.2) is 18.2 Å². The van der Waals surface area contributed by atoms with Gasteiger partial charge in [0.05, 0.1) is 10.6 Å². The zero-order valence-electron chi connectivity index (χ0n) is 11.9. The number of aryl methyl sites for hydroxylation is 1. The number of nitrogens with one attached hydrogen (secondary N) is 1. The molecule has 1 saturated carbocycles. The highest BCUT2D eigenvalue weighted by Crippen LogP contribution is 2.26. The predicted molar refractivity (Wildman–Crippen MR) is 83.6 cm³/mol. The summed E-state index contributed by atoms with van der Waals surface area (Å²) in [4.78, 5) is 22.5. The number of nitrogens with zero attached hydrogens (tertiary/aromatic N) is 1. The molecule has 1 aromatic rings. The number of carbonyl (C=O) groups excluding carboxylic acids is 1. The van der Waals surface area contributed by atoms with Crippen LogP contribution < -0.4 is 11.1 Å². The molecule has 1 aliphatic carbocycles. The molecule has 0 spiro atoms. The van der Waals surface area contributed by atoms with Crippen molar-refractivity contribution in [1.29, 1.82) is 0 Å². The smallest absolute Gasteiger partial charge is 0.271 e. The minimum absolute atomic E-state index is 0. The third-order valence-corrected chi connectivity index (χ3v) is 3.78. The summed E-state index contributed by atoms with van der Waals surface area (Å²) in [6.45, 7) is 1.81. The van der Waals surface area contributed by atoms with Gasteiger partial charge < -0.3 is 11.1 Å². The Morgan fingerprint density at radius 1 is 1.43 bits per heavy atom. The molecule has 2 unspecified atom stereocenters. The summed E-state index contributed by atoms with van der Waals surface area (Å²) in [6.07, 6.45) is 3.42. The Bertz CT molecular complexity index is 536. The SMILES string of the molecule is Cc1ccc([N+](=O)[O-])cc1NC(=O)C1CCCC(N)C1.Cl. The van der Waals surface area contributed by atoms with E-state index in [0.29, 0.717) is 12.1 Å². The average molecular weight is 314 g/mol. The van der Waals surface area contributed by atoms with Crippen LogP contribution in [0.5, 0.6) is 0 Å². The minimum atomic E-state index is -0.467. The quantitative estimate of drug-likeness (QED) is 0.662. The van der Waals surface area contributed by atoms with Gasteiger partial charge in [0.15, 0.2) is 0 Å². The highest BCUT2D eigenvalue weighted by molar-refractivity contribution is 5.93. The van der Waals surface area contributed by atoms with Crippen molar-refractivity contribution in [3.8, 4) is 0 Å². The van der Waals surface area contributed by atoms with Crippen LogP contribution in [0, 0.1) is 23.0 Å². The molecule has 0 radical (unpaired) electrons. The molecule has 0 heterocycles. The van der Waals surface area contributed by atoms with E-state index in [1.54, 1.807) is 6.07 Å². The van der Waals surface area contributed by atoms with Crippen molar-refractivity contribution in [2.45, 2.75) is 38.6 Å². The molecule has 1 amide bonds. The fourth-order valence-electron chi connectivity index (χ4n) is 2.56. The van der Waals surface area contributed by atoms with Crippen LogP contribution in [0.1, 0.15) is 31.2 Å². The fraction of sp³-hybridized carbons (Fsp3) is 0.500. The lowest BCUT2D eigenvalue weighted by molar-refractivity contribution is -0.384. The number of nitrogens with two attached hydrogens (primary N) is 1. The van der Waals surface area contributed by atoms with E-state index in [1.165, 1.54) is 12.1 Å². The van der Waals surface area contributed by atoms with Gasteiger partial charge in [-0.15, -0.1) is 12.4 Å². The lowest BCUT2D eigenvalue weighted by atomic mass is 9.85. The molecular formula is C14H20ClN3O3. The molecule has 1 fully saturated rings. The maximum Gasteiger partial charge on any atom is 0.271 e. The summed E-state index contributed by atoms with van der Waals surface area (Å²) in [5.41, 5.74) is 7.17. The Morgan fingerprint density at radius 2 is 2.14 bits per heavy atom. The summed E-state index contributed by atoms with van der Waals surface area (Å²) in [6, 6.07) is 4.54. The number of nitro groups is 1. The molecular weight excluding hydrogens is 294 g/mol. The first-order valence-electron chi connectivity index (χ1n) is 6.79. The van der Waals surface area contributed by atoms with Crippen LogP contribution in [0.4, 0.5) is 11.4 Å². The maximum atomic E-state index is 12.2. The maximum absolute atomic E-state index is 12.2. The summed E-state index contributed by atoms with van der Waals surface area (Å²) in [5.74, 6) is -0.193. The number of rotatable bonds is 3. The van der Waals surface area contributed by atoms with E-state index in [9.17, 15) is 14.9 Å². The number of amides is 1. The average Bonchev–Trinajstić information content (AvgIpc) is 2.41. The number of nitro benzene ring substituents is 1. The number of halogens is 1. The fourth-order valence-corrected chi connectivity index (χ4v) is 2.56. The van der Waals surface area contributed by atoms with E-state index < -0.39 is 4.92 Å². The van der Waals surface area contributed by atoms with E-state index in [4.69, 9.17) is 5.73 Å². The van der Waals surface area contributed by atoms with Crippen molar-refractivity contribution in [3.05, 3.63) is 33.9 Å². The van der Waals surface area contributed by atoms with Crippen LogP contribution in [0.25, 0.3) is 0 Å². The van der Waals surface area contributed by atoms with Crippen molar-refractivity contribution >= 4 is 29.7 Å². The van der Waals surface area contributed by atoms with E-state index in [1.807, 2.05) is 6.92 Å². The number of hydrogen-bond acceptors (Lipinski definition) is 4. The number of anilines is 1. The van der Waals surface area contributed by atoms with Crippen molar-refractivity contribution < 1.29 is 9.72 Å². The molecule has 116 valence electrons. The predicted octanol–water partition coefficient (Wildman–Crippen LogP) is 2.78. The topological polar surface area (TPSA) is 98.3 Å². The normalized spacial score (nSPS) is 21.2. The second-order valence-electron chi connectivity index (χ2n) is 5.37. The molecule has 21 heavy (non-hydrogen) atoms. The van der Waals surface area contributed by atoms with E-state index >= 15 is 0 Å². The van der Waals surface area contributed by atoms with E-state index in [0.717, 1.165) is 24.8 Å². The lowest BCUT2D eigenvalue weighted by Gasteiger charge is -2.25. The van der Waals surface area contributed by atoms with Crippen LogP contribution >= 0.6 is 12.4 Å². The lowest BCUT2D eigenvalue weighted by Crippen LogP contribution is -2.34. The number of hydrogen-bond donors (Lipinski definition) is 2. The third kappa shape index (κ3) is 4.41. The van der Waals surface area contributed by atoms with Crippen molar-refractivity contribution in [3.63, 3.8) is 0 Å². The van der Waals surface area contributed by atoms with Gasteiger partial charge >= 0.3 is 0 Å². The van der Waals surface area contributed by atoms with Crippen LogP contribution in [0.2, 0.25) is 0 Å². The monoisotopic (exact) mass is 313 g/mol. The number of non-ortho nitro benzene ring substituents is 1. The van der Waals surface area contributed by atoms with E-state index in [-0.39, 0.29) is 36.0 Å². The first kappa shape index (κ1) is 17.4. The molecule has 2 rings (SSSR count). The molecule has 1 aromatic carbocycles. The van der Waals surface area contributed by atoms with Crippen molar-refractivity contribution in [2.24, 2.45) is 11.7 Å². The van der Waals surface area contributed by atoms with Gasteiger partial charge in [0, 0.05) is 24.1 Å². The molecule has 7 heteroatoms. The van der Waals surface area contributed by atoms with Crippen molar-refractivity contribution in [2.75, 3.05) is 5.32 Å². The van der Waals surface area contributed by atoms with Gasteiger partial charge in [-0.25, -0.2) is 0 Å². The second-order valence-corrected chi connectivity index (χ2v) is 5.37. The van der Waals surface area contributed by atoms with Gasteiger partial charge in [-0.3, -0.25) is 14.9 Å². The molecule has 2 atom stereocenters. The largest absolute Gasteiger partial charge is 0.328 e. The Kier molecular flexibility index (Phi) is 6.11. The van der Waals surface area contributed by atoms with Gasteiger partial charge in [0.2, 0.25) is 5.91 Å². The molecule has 1 aliphatic rings. The molecule has 6 nitrogen and oxygen atoms in total. The van der Waals surface area contributed by atoms with Crippen LogP contribution in [-0.4, -0.2) is 16.9 Å². The highest BCUT2D eigenvalue weighted by Gasteiger charge is 2.25.